The molecule has 0 radical (unpaired) electrons. The van der Waals surface area contributed by atoms with E-state index in [0.717, 1.165) is 11.1 Å². The number of ether oxygens (including phenoxy) is 1. The predicted octanol–water partition coefficient (Wildman–Crippen LogP) is 0.542. The largest absolute Gasteiger partial charge is 0.483 e. The summed E-state index contributed by atoms with van der Waals surface area (Å²) in [7, 11) is 0. The van der Waals surface area contributed by atoms with E-state index in [4.69, 9.17) is 9.84 Å². The van der Waals surface area contributed by atoms with Crippen molar-refractivity contribution in [3.8, 4) is 5.75 Å². The van der Waals surface area contributed by atoms with E-state index in [1.165, 1.54) is 6.92 Å². The smallest absolute Gasteiger partial charge is 0.258 e. The van der Waals surface area contributed by atoms with Crippen LogP contribution in [-0.2, 0) is 4.79 Å². The Balaban J connectivity index is 2.44. The van der Waals surface area contributed by atoms with Gasteiger partial charge < -0.3 is 20.3 Å². The van der Waals surface area contributed by atoms with Gasteiger partial charge in [-0.05, 0) is 38.0 Å². The van der Waals surface area contributed by atoms with E-state index >= 15 is 0 Å². The van der Waals surface area contributed by atoms with Crippen molar-refractivity contribution >= 4 is 5.91 Å². The lowest BCUT2D eigenvalue weighted by molar-refractivity contribution is -0.124. The second-order valence-electron chi connectivity index (χ2n) is 4.92. The Hall–Kier alpha value is -1.59. The molecule has 1 amide bonds. The van der Waals surface area contributed by atoms with Crippen LogP contribution >= 0.6 is 0 Å². The summed E-state index contributed by atoms with van der Waals surface area (Å²) < 4.78 is 5.42. The van der Waals surface area contributed by atoms with Crippen LogP contribution in [-0.4, -0.2) is 41.5 Å². The highest BCUT2D eigenvalue weighted by atomic mass is 16.5. The topological polar surface area (TPSA) is 78.8 Å². The highest BCUT2D eigenvalue weighted by Gasteiger charge is 2.19. The molecule has 0 aliphatic rings. The lowest BCUT2D eigenvalue weighted by Gasteiger charge is -2.20. The molecule has 0 aromatic heterocycles. The van der Waals surface area contributed by atoms with Gasteiger partial charge in [-0.1, -0.05) is 12.1 Å². The first-order valence-corrected chi connectivity index (χ1v) is 6.14. The Bertz CT molecular complexity index is 443. The zero-order chi connectivity index (χ0) is 14.5. The van der Waals surface area contributed by atoms with Crippen molar-refractivity contribution in [2.45, 2.75) is 26.4 Å². The normalized spacial score (nSPS) is 13.7. The van der Waals surface area contributed by atoms with Crippen molar-refractivity contribution in [2.24, 2.45) is 0 Å². The Morgan fingerprint density at radius 1 is 1.42 bits per heavy atom. The number of aliphatic hydroxyl groups excluding tert-OH is 1. The van der Waals surface area contributed by atoms with Crippen LogP contribution in [0.3, 0.4) is 0 Å². The van der Waals surface area contributed by atoms with Gasteiger partial charge in [-0.25, -0.2) is 0 Å². The fourth-order valence-electron chi connectivity index (χ4n) is 1.42. The number of nitrogens with one attached hydrogen (secondary N) is 1. The molecule has 106 valence electrons. The summed E-state index contributed by atoms with van der Waals surface area (Å²) >= 11 is 0. The molecule has 1 unspecified atom stereocenters. The van der Waals surface area contributed by atoms with Gasteiger partial charge in [0.2, 0.25) is 0 Å². The van der Waals surface area contributed by atoms with Gasteiger partial charge in [0, 0.05) is 6.54 Å². The predicted molar refractivity (Wildman–Crippen MR) is 72.1 cm³/mol. The zero-order valence-corrected chi connectivity index (χ0v) is 11.6. The molecule has 0 saturated heterocycles. The van der Waals surface area contributed by atoms with Crippen LogP contribution in [0.25, 0.3) is 0 Å². The molecule has 1 aromatic carbocycles. The van der Waals surface area contributed by atoms with E-state index < -0.39 is 12.2 Å². The summed E-state index contributed by atoms with van der Waals surface area (Å²) in [5, 5.41) is 20.9. The fourth-order valence-corrected chi connectivity index (χ4v) is 1.42. The summed E-state index contributed by atoms with van der Waals surface area (Å²) in [5.74, 6) is 0.332. The van der Waals surface area contributed by atoms with Crippen LogP contribution < -0.4 is 10.1 Å². The highest BCUT2D eigenvalue weighted by Crippen LogP contribution is 2.20. The summed E-state index contributed by atoms with van der Waals surface area (Å²) in [6.45, 7) is 4.80. The van der Waals surface area contributed by atoms with Crippen LogP contribution in [0.2, 0.25) is 0 Å². The van der Waals surface area contributed by atoms with E-state index in [1.807, 2.05) is 26.0 Å². The minimum absolute atomic E-state index is 0.0154. The minimum atomic E-state index is -1.31. The fraction of sp³-hybridized carbons (Fsp3) is 0.500. The van der Waals surface area contributed by atoms with Gasteiger partial charge in [-0.2, -0.15) is 0 Å². The molecule has 0 fully saturated rings. The standard InChI is InChI=1S/C14H21NO4/c1-10-5-4-6-12(11(10)2)19-7-13(17)15-8-14(3,18)9-16/h4-6,16,18H,7-9H2,1-3H3,(H,15,17). The van der Waals surface area contributed by atoms with Gasteiger partial charge in [0.1, 0.15) is 11.4 Å². The van der Waals surface area contributed by atoms with Crippen LogP contribution in [0.5, 0.6) is 5.75 Å². The van der Waals surface area contributed by atoms with Crippen LogP contribution in [0.15, 0.2) is 18.2 Å². The number of hydrogen-bond acceptors (Lipinski definition) is 4. The first kappa shape index (κ1) is 15.5. The molecule has 1 aromatic rings. The molecule has 3 N–H and O–H groups in total. The second-order valence-corrected chi connectivity index (χ2v) is 4.92. The average Bonchev–Trinajstić information content (AvgIpc) is 2.38. The third-order valence-corrected chi connectivity index (χ3v) is 2.92. The highest BCUT2D eigenvalue weighted by molar-refractivity contribution is 5.77. The number of aryl methyl sites for hydroxylation is 1. The molecular weight excluding hydrogens is 246 g/mol. The summed E-state index contributed by atoms with van der Waals surface area (Å²) in [6.07, 6.45) is 0. The van der Waals surface area contributed by atoms with E-state index in [-0.39, 0.29) is 19.1 Å². The van der Waals surface area contributed by atoms with Crippen molar-refractivity contribution in [1.82, 2.24) is 5.32 Å². The number of carbonyl (C=O) groups excluding carboxylic acids is 1. The number of aliphatic hydroxyl groups is 2. The molecule has 5 heteroatoms. The van der Waals surface area contributed by atoms with Crippen molar-refractivity contribution in [2.75, 3.05) is 19.8 Å². The van der Waals surface area contributed by atoms with Crippen LogP contribution in [0.4, 0.5) is 0 Å². The quantitative estimate of drug-likeness (QED) is 0.703. The van der Waals surface area contributed by atoms with Crippen molar-refractivity contribution < 1.29 is 19.7 Å². The SMILES string of the molecule is Cc1cccc(OCC(=O)NCC(C)(O)CO)c1C. The average molecular weight is 267 g/mol. The van der Waals surface area contributed by atoms with Gasteiger partial charge in [-0.15, -0.1) is 0 Å². The van der Waals surface area contributed by atoms with E-state index in [1.54, 1.807) is 6.07 Å². The molecule has 0 spiro atoms. The third-order valence-electron chi connectivity index (χ3n) is 2.92. The molecule has 0 aliphatic carbocycles. The number of rotatable bonds is 6. The number of hydrogen-bond donors (Lipinski definition) is 3. The second kappa shape index (κ2) is 6.54. The lowest BCUT2D eigenvalue weighted by atomic mass is 10.1. The number of carbonyl (C=O) groups is 1. The lowest BCUT2D eigenvalue weighted by Crippen LogP contribution is -2.44. The van der Waals surface area contributed by atoms with E-state index in [2.05, 4.69) is 5.32 Å². The van der Waals surface area contributed by atoms with Crippen LogP contribution in [0.1, 0.15) is 18.1 Å². The van der Waals surface area contributed by atoms with E-state index in [0.29, 0.717) is 5.75 Å². The van der Waals surface area contributed by atoms with Gasteiger partial charge in [-0.3, -0.25) is 4.79 Å². The Kier molecular flexibility index (Phi) is 5.32. The van der Waals surface area contributed by atoms with Crippen molar-refractivity contribution in [1.29, 1.82) is 0 Å². The van der Waals surface area contributed by atoms with Crippen molar-refractivity contribution in [3.05, 3.63) is 29.3 Å². The molecule has 1 atom stereocenters. The molecule has 0 heterocycles. The van der Waals surface area contributed by atoms with Crippen LogP contribution in [0, 0.1) is 13.8 Å². The molecule has 0 aliphatic heterocycles. The minimum Gasteiger partial charge on any atom is -0.483 e. The molecule has 19 heavy (non-hydrogen) atoms. The summed E-state index contributed by atoms with van der Waals surface area (Å²) in [5.41, 5.74) is 0.785. The number of benzene rings is 1. The monoisotopic (exact) mass is 267 g/mol. The van der Waals surface area contributed by atoms with Crippen molar-refractivity contribution in [3.63, 3.8) is 0 Å². The van der Waals surface area contributed by atoms with Gasteiger partial charge >= 0.3 is 0 Å². The Labute approximate surface area is 113 Å². The first-order valence-electron chi connectivity index (χ1n) is 6.14. The number of amides is 1. The molecule has 0 bridgehead atoms. The molecule has 0 saturated carbocycles. The third kappa shape index (κ3) is 4.89. The maximum atomic E-state index is 11.5. The van der Waals surface area contributed by atoms with Gasteiger partial charge in [0.05, 0.1) is 6.61 Å². The summed E-state index contributed by atoms with van der Waals surface area (Å²) in [4.78, 5) is 11.5. The van der Waals surface area contributed by atoms with Gasteiger partial charge in [0.15, 0.2) is 6.61 Å². The first-order chi connectivity index (χ1) is 8.85. The molecule has 1 rings (SSSR count). The molecule has 5 nitrogen and oxygen atoms in total. The van der Waals surface area contributed by atoms with E-state index in [9.17, 15) is 9.90 Å². The summed E-state index contributed by atoms with van der Waals surface area (Å²) in [6, 6.07) is 5.65. The Morgan fingerprint density at radius 2 is 2.11 bits per heavy atom. The molecular formula is C14H21NO4. The maximum absolute atomic E-state index is 11.5. The maximum Gasteiger partial charge on any atom is 0.258 e. The zero-order valence-electron chi connectivity index (χ0n) is 11.6. The Morgan fingerprint density at radius 3 is 2.74 bits per heavy atom. The van der Waals surface area contributed by atoms with Gasteiger partial charge in [0.25, 0.3) is 5.91 Å².